The quantitative estimate of drug-likeness (QED) is 0.0588. The van der Waals surface area contributed by atoms with Gasteiger partial charge in [0.2, 0.25) is 11.8 Å². The zero-order valence-corrected chi connectivity index (χ0v) is 49.5. The number of aliphatic hydroxyl groups is 1. The Labute approximate surface area is 512 Å². The Balaban J connectivity index is 0.000000241. The van der Waals surface area contributed by atoms with Crippen LogP contribution in [0, 0.1) is 0 Å². The second-order valence-corrected chi connectivity index (χ2v) is 20.0. The molecule has 17 heteroatoms. The Morgan fingerprint density at radius 1 is 0.561 bits per heavy atom. The standard InChI is InChI=1S/2C22H28N2O.C15H14O3.C6H8O7.Ca/c2*1-2-22(25)24(20-11-7-4-8-12-20)21-14-17-23(18-15-21)16-13-19-9-5-3-6-10-19;1-11(15(16)17)12-6-5-9-14(10-12)18-13-7-3-2-4-8-13;7-3(8)1-6(13,5(11)12)2-4(9)10;/h2*3-12,21H,2,13-18H2,1H3;2-11H,1H3,(H,16,17);13H,1-2H2,(H,7,8)(H,9,10)(H,11,12);/q;;;;+2/p-2. The van der Waals surface area contributed by atoms with E-state index in [1.807, 2.05) is 96.4 Å². The molecule has 6 aromatic rings. The van der Waals surface area contributed by atoms with Crippen molar-refractivity contribution in [3.8, 4) is 11.5 Å². The zero-order valence-electron chi connectivity index (χ0n) is 47.3. The van der Waals surface area contributed by atoms with Crippen molar-refractivity contribution >= 4 is 84.8 Å². The van der Waals surface area contributed by atoms with Crippen LogP contribution in [0.3, 0.4) is 0 Å². The van der Waals surface area contributed by atoms with Crippen LogP contribution in [-0.2, 0) is 41.6 Å². The fourth-order valence-corrected chi connectivity index (χ4v) is 9.61. The van der Waals surface area contributed by atoms with Crippen LogP contribution in [0.15, 0.2) is 176 Å². The number of carbonyl (C=O) groups excluding carboxylic acids is 4. The molecule has 8 rings (SSSR count). The van der Waals surface area contributed by atoms with E-state index in [0.717, 1.165) is 100 Å². The zero-order chi connectivity index (χ0) is 58.6. The van der Waals surface area contributed by atoms with Gasteiger partial charge in [0.15, 0.2) is 0 Å². The smallest absolute Gasteiger partial charge is 0.550 e. The number of hydrogen-bond acceptors (Lipinski definition) is 12. The van der Waals surface area contributed by atoms with Crippen molar-refractivity contribution < 1.29 is 59.0 Å². The number of carbonyl (C=O) groups is 6. The fraction of sp³-hybridized carbons (Fsp3) is 0.354. The molecule has 16 nitrogen and oxygen atoms in total. The largest absolute Gasteiger partial charge is 2.00 e. The van der Waals surface area contributed by atoms with Crippen LogP contribution in [-0.4, -0.2) is 156 Å². The molecule has 0 radical (unpaired) electrons. The molecule has 0 spiro atoms. The van der Waals surface area contributed by atoms with Crippen LogP contribution in [0.25, 0.3) is 0 Å². The van der Waals surface area contributed by atoms with E-state index in [9.17, 15) is 39.0 Å². The number of anilines is 2. The number of benzene rings is 6. The molecule has 430 valence electrons. The van der Waals surface area contributed by atoms with E-state index in [1.54, 1.807) is 25.1 Å². The Kier molecular flexibility index (Phi) is 29.5. The summed E-state index contributed by atoms with van der Waals surface area (Å²) in [6.45, 7) is 12.0. The number of aliphatic carboxylic acids is 4. The molecule has 2 atom stereocenters. The molecular weight excluding hydrogens is 1070 g/mol. The Hall–Kier alpha value is -6.92. The van der Waals surface area contributed by atoms with E-state index in [-0.39, 0.29) is 49.6 Å². The first-order chi connectivity index (χ1) is 39.0. The molecule has 2 unspecified atom stereocenters. The van der Waals surface area contributed by atoms with Gasteiger partial charge in [0.1, 0.15) is 17.1 Å². The summed E-state index contributed by atoms with van der Waals surface area (Å²) in [6, 6.07) is 58.8. The van der Waals surface area contributed by atoms with E-state index in [2.05, 4.69) is 94.7 Å². The average molecular weight is 1150 g/mol. The van der Waals surface area contributed by atoms with Crippen LogP contribution in [0.2, 0.25) is 0 Å². The van der Waals surface area contributed by atoms with E-state index >= 15 is 0 Å². The first kappa shape index (κ1) is 67.6. The van der Waals surface area contributed by atoms with Crippen molar-refractivity contribution in [3.63, 3.8) is 0 Å². The summed E-state index contributed by atoms with van der Waals surface area (Å²) in [6.07, 6.45) is 4.95. The predicted molar refractivity (Wildman–Crippen MR) is 314 cm³/mol. The van der Waals surface area contributed by atoms with Gasteiger partial charge in [-0.05, 0) is 111 Å². The van der Waals surface area contributed by atoms with Crippen LogP contribution >= 0.6 is 0 Å². The third kappa shape index (κ3) is 22.8. The maximum absolute atomic E-state index is 12.5. The van der Waals surface area contributed by atoms with E-state index in [4.69, 9.17) is 20.1 Å². The number of carboxylic acid groups (broad SMARTS) is 4. The molecular formula is C65H76CaN4O12. The number of amides is 2. The van der Waals surface area contributed by atoms with E-state index in [1.165, 1.54) is 11.1 Å². The first-order valence-electron chi connectivity index (χ1n) is 27.7. The monoisotopic (exact) mass is 1140 g/mol. The SMILES string of the molecule is CC(C(=O)O)c1cccc(Oc2ccccc2)c1.CCC(=O)N(c1ccccc1)C1CCN(CCc2ccccc2)CC1.CCC(=O)N(c1ccccc1)C1CCN(CCc2ccccc2)CC1.O=C([O-])CC(O)(CC(=O)O)C(=O)[O-].[Ca+2]. The summed E-state index contributed by atoms with van der Waals surface area (Å²) < 4.78 is 5.66. The molecule has 0 aromatic heterocycles. The summed E-state index contributed by atoms with van der Waals surface area (Å²) in [5.41, 5.74) is 2.70. The fourth-order valence-electron chi connectivity index (χ4n) is 9.61. The van der Waals surface area contributed by atoms with Crippen LogP contribution in [0.5, 0.6) is 11.5 Å². The number of hydrogen-bond donors (Lipinski definition) is 3. The van der Waals surface area contributed by atoms with Gasteiger partial charge in [-0.25, -0.2) is 0 Å². The second-order valence-electron chi connectivity index (χ2n) is 20.0. The number of nitrogens with zero attached hydrogens (tertiary/aromatic N) is 4. The number of likely N-dealkylation sites (tertiary alicyclic amines) is 2. The Bertz CT molecular complexity index is 2720. The van der Waals surface area contributed by atoms with Gasteiger partial charge < -0.3 is 59.5 Å². The topological polar surface area (TPSA) is 231 Å². The van der Waals surface area contributed by atoms with Gasteiger partial charge in [-0.15, -0.1) is 0 Å². The normalized spacial score (nSPS) is 14.6. The number of rotatable bonds is 21. The van der Waals surface area contributed by atoms with Gasteiger partial charge in [-0.1, -0.05) is 141 Å². The Morgan fingerprint density at radius 2 is 0.939 bits per heavy atom. The maximum Gasteiger partial charge on any atom is 2.00 e. The molecule has 2 heterocycles. The molecule has 2 aliphatic rings. The number of piperidine rings is 2. The van der Waals surface area contributed by atoms with Crippen molar-refractivity contribution in [3.05, 3.63) is 193 Å². The number of para-hydroxylation sites is 3. The molecule has 2 fully saturated rings. The first-order valence-corrected chi connectivity index (χ1v) is 27.7. The number of ether oxygens (including phenoxy) is 1. The predicted octanol–water partition coefficient (Wildman–Crippen LogP) is 7.64. The molecule has 0 aliphatic carbocycles. The molecule has 82 heavy (non-hydrogen) atoms. The molecule has 0 saturated carbocycles. The number of carboxylic acids is 4. The van der Waals surface area contributed by atoms with Gasteiger partial charge in [0.05, 0.1) is 18.3 Å². The van der Waals surface area contributed by atoms with Gasteiger partial charge in [-0.3, -0.25) is 19.2 Å². The minimum Gasteiger partial charge on any atom is -0.550 e. The molecule has 3 N–H and O–H groups in total. The summed E-state index contributed by atoms with van der Waals surface area (Å²) in [5, 5.41) is 46.2. The molecule has 6 aromatic carbocycles. The summed E-state index contributed by atoms with van der Waals surface area (Å²) in [5.74, 6) is -5.21. The minimum absolute atomic E-state index is 0. The molecule has 2 amide bonds. The van der Waals surface area contributed by atoms with Crippen molar-refractivity contribution in [2.24, 2.45) is 0 Å². The summed E-state index contributed by atoms with van der Waals surface area (Å²) in [4.78, 5) is 75.3. The van der Waals surface area contributed by atoms with Crippen molar-refractivity contribution in [1.29, 1.82) is 0 Å². The minimum atomic E-state index is -2.91. The van der Waals surface area contributed by atoms with Crippen molar-refractivity contribution in [2.75, 3.05) is 49.1 Å². The van der Waals surface area contributed by atoms with E-state index in [0.29, 0.717) is 30.7 Å². The van der Waals surface area contributed by atoms with Crippen molar-refractivity contribution in [2.45, 2.75) is 109 Å². The van der Waals surface area contributed by atoms with Crippen molar-refractivity contribution in [1.82, 2.24) is 9.80 Å². The molecule has 2 saturated heterocycles. The second kappa shape index (κ2) is 35.8. The third-order valence-corrected chi connectivity index (χ3v) is 14.1. The van der Waals surface area contributed by atoms with Gasteiger partial charge in [0.25, 0.3) is 0 Å². The van der Waals surface area contributed by atoms with Crippen LogP contribution < -0.4 is 24.7 Å². The molecule has 2 aliphatic heterocycles. The maximum atomic E-state index is 12.5. The van der Waals surface area contributed by atoms with Gasteiger partial charge >= 0.3 is 49.7 Å². The average Bonchev–Trinajstić information content (AvgIpc) is 3.52. The molecule has 0 bridgehead atoms. The third-order valence-electron chi connectivity index (χ3n) is 14.1. The van der Waals surface area contributed by atoms with Gasteiger partial charge in [0, 0.05) is 88.0 Å². The van der Waals surface area contributed by atoms with E-state index < -0.39 is 48.2 Å². The van der Waals surface area contributed by atoms with Gasteiger partial charge in [-0.2, -0.15) is 0 Å². The van der Waals surface area contributed by atoms with Crippen LogP contribution in [0.1, 0.15) is 94.7 Å². The summed E-state index contributed by atoms with van der Waals surface area (Å²) in [7, 11) is 0. The summed E-state index contributed by atoms with van der Waals surface area (Å²) >= 11 is 0. The Morgan fingerprint density at radius 3 is 1.29 bits per heavy atom. The van der Waals surface area contributed by atoms with Crippen LogP contribution in [0.4, 0.5) is 11.4 Å².